The summed E-state index contributed by atoms with van der Waals surface area (Å²) in [4.78, 5) is 4.25. The number of hydrogen-bond acceptors (Lipinski definition) is 9. The first kappa shape index (κ1) is 17.4. The number of aliphatic imine (C=N–C) groups is 1. The van der Waals surface area contributed by atoms with Gasteiger partial charge in [-0.25, -0.2) is 4.99 Å². The van der Waals surface area contributed by atoms with E-state index >= 15 is 0 Å². The third-order valence-corrected chi connectivity index (χ3v) is 5.63. The van der Waals surface area contributed by atoms with Gasteiger partial charge in [-0.15, -0.1) is 0 Å². The maximum absolute atomic E-state index is 10.1. The molecule has 2 N–H and O–H groups in total. The highest BCUT2D eigenvalue weighted by molar-refractivity contribution is 6.00. The van der Waals surface area contributed by atoms with Crippen molar-refractivity contribution in [1.82, 2.24) is 0 Å². The minimum Gasteiger partial charge on any atom is -0.493 e. The molecule has 0 radical (unpaired) electrons. The van der Waals surface area contributed by atoms with E-state index in [1.54, 1.807) is 12.1 Å². The number of methoxy groups -OCH3 is 3. The fourth-order valence-electron chi connectivity index (χ4n) is 4.49. The summed E-state index contributed by atoms with van der Waals surface area (Å²) in [6, 6.07) is 7.86. The molecule has 2 aliphatic heterocycles. The van der Waals surface area contributed by atoms with E-state index in [0.717, 1.165) is 0 Å². The average molecular weight is 370 g/mol. The summed E-state index contributed by atoms with van der Waals surface area (Å²) in [5.41, 5.74) is 4.02. The van der Waals surface area contributed by atoms with Gasteiger partial charge in [0.2, 0.25) is 5.75 Å². The van der Waals surface area contributed by atoms with Crippen molar-refractivity contribution in [2.75, 3.05) is 34.5 Å². The van der Waals surface area contributed by atoms with E-state index in [9.17, 15) is 10.5 Å². The van der Waals surface area contributed by atoms with E-state index in [1.165, 1.54) is 21.3 Å². The zero-order valence-electron chi connectivity index (χ0n) is 15.1. The van der Waals surface area contributed by atoms with Crippen LogP contribution in [-0.2, 0) is 9.47 Å². The van der Waals surface area contributed by atoms with Crippen molar-refractivity contribution >= 4 is 5.84 Å². The fourth-order valence-corrected chi connectivity index (χ4v) is 4.49. The number of benzene rings is 1. The first-order valence-electron chi connectivity index (χ1n) is 8.28. The normalized spacial score (nSPS) is 32.2. The smallest absolute Gasteiger partial charge is 0.293 e. The lowest BCUT2D eigenvalue weighted by Gasteiger charge is -2.26. The number of nitriles is 2. The van der Waals surface area contributed by atoms with E-state index < -0.39 is 22.7 Å². The van der Waals surface area contributed by atoms with Crippen molar-refractivity contribution in [3.8, 4) is 29.4 Å². The van der Waals surface area contributed by atoms with Crippen molar-refractivity contribution < 1.29 is 23.7 Å². The second-order valence-electron chi connectivity index (χ2n) is 6.51. The summed E-state index contributed by atoms with van der Waals surface area (Å²) < 4.78 is 27.6. The molecule has 3 atom stereocenters. The third kappa shape index (κ3) is 1.71. The molecule has 140 valence electrons. The highest BCUT2D eigenvalue weighted by atomic mass is 16.8. The molecule has 3 aliphatic rings. The van der Waals surface area contributed by atoms with Crippen LogP contribution >= 0.6 is 0 Å². The molecular formula is C18H18N4O5. The number of nitrogens with two attached hydrogens (primary N) is 1. The summed E-state index contributed by atoms with van der Waals surface area (Å²) in [7, 11) is 4.49. The third-order valence-electron chi connectivity index (χ3n) is 5.63. The van der Waals surface area contributed by atoms with Gasteiger partial charge in [0.25, 0.3) is 5.91 Å². The molecule has 0 bridgehead atoms. The van der Waals surface area contributed by atoms with Gasteiger partial charge in [-0.2, -0.15) is 10.5 Å². The maximum Gasteiger partial charge on any atom is 0.293 e. The Morgan fingerprint density at radius 2 is 1.67 bits per heavy atom. The molecule has 1 aliphatic carbocycles. The van der Waals surface area contributed by atoms with Gasteiger partial charge in [0.15, 0.2) is 16.9 Å². The van der Waals surface area contributed by atoms with E-state index in [0.29, 0.717) is 22.8 Å². The van der Waals surface area contributed by atoms with Crippen LogP contribution in [0, 0.1) is 33.5 Å². The van der Waals surface area contributed by atoms with Crippen molar-refractivity contribution in [3.63, 3.8) is 0 Å². The van der Waals surface area contributed by atoms with E-state index in [1.807, 2.05) is 0 Å². The molecule has 9 nitrogen and oxygen atoms in total. The number of hydrogen-bond donors (Lipinski definition) is 1. The van der Waals surface area contributed by atoms with E-state index in [-0.39, 0.29) is 19.0 Å². The zero-order chi connectivity index (χ0) is 19.4. The SMILES string of the molecule is COc1cc([C@@H]2[C@]3(C#N)C(N)=NC4(OCCO4)[C@]23C#N)cc(OC)c1OC. The van der Waals surface area contributed by atoms with Crippen LogP contribution in [0.2, 0.25) is 0 Å². The molecule has 27 heavy (non-hydrogen) atoms. The lowest BCUT2D eigenvalue weighted by Crippen LogP contribution is -2.38. The van der Waals surface area contributed by atoms with Gasteiger partial charge in [-0.1, -0.05) is 0 Å². The Balaban J connectivity index is 1.93. The minimum atomic E-state index is -1.58. The monoisotopic (exact) mass is 370 g/mol. The van der Waals surface area contributed by atoms with Crippen LogP contribution in [0.25, 0.3) is 0 Å². The summed E-state index contributed by atoms with van der Waals surface area (Å²) in [6.07, 6.45) is 0. The Hall–Kier alpha value is -3.01. The Kier molecular flexibility index (Phi) is 3.54. The Bertz CT molecular complexity index is 902. The summed E-state index contributed by atoms with van der Waals surface area (Å²) in [5.74, 6) is -0.924. The van der Waals surface area contributed by atoms with Gasteiger partial charge in [0, 0.05) is 5.92 Å². The van der Waals surface area contributed by atoms with Crippen LogP contribution in [0.3, 0.4) is 0 Å². The largest absolute Gasteiger partial charge is 0.493 e. The lowest BCUT2D eigenvalue weighted by molar-refractivity contribution is -0.184. The number of fused-ring (bicyclic) bond motifs is 2. The van der Waals surface area contributed by atoms with Crippen LogP contribution < -0.4 is 19.9 Å². The molecule has 2 fully saturated rings. The second-order valence-corrected chi connectivity index (χ2v) is 6.51. The first-order chi connectivity index (χ1) is 13.0. The predicted molar refractivity (Wildman–Crippen MR) is 91.2 cm³/mol. The van der Waals surface area contributed by atoms with Gasteiger partial charge in [-0.05, 0) is 17.7 Å². The van der Waals surface area contributed by atoms with Gasteiger partial charge in [0.1, 0.15) is 11.3 Å². The quantitative estimate of drug-likeness (QED) is 0.827. The average Bonchev–Trinajstić information content (AvgIpc) is 2.95. The maximum atomic E-state index is 10.1. The summed E-state index contributed by atoms with van der Waals surface area (Å²) in [5, 5.41) is 20.1. The molecule has 1 aromatic carbocycles. The minimum absolute atomic E-state index is 0.0344. The highest BCUT2D eigenvalue weighted by Crippen LogP contribution is 2.82. The zero-order valence-corrected chi connectivity index (χ0v) is 15.1. The Labute approximate surface area is 155 Å². The van der Waals surface area contributed by atoms with E-state index in [2.05, 4.69) is 17.1 Å². The standard InChI is InChI=1S/C18H18N4O5/c1-23-11-6-10(7-12(24-2)13(11)25-3)14-16(8-19)15(21)22-18(17(14,16)9-20)26-4-5-27-18/h6-7,14H,4-5H2,1-3H3,(H2,21,22)/t14-,16-,17-/m1/s1. The Morgan fingerprint density at radius 1 is 1.07 bits per heavy atom. The van der Waals surface area contributed by atoms with E-state index in [4.69, 9.17) is 29.4 Å². The van der Waals surface area contributed by atoms with Gasteiger partial charge in [-0.3, -0.25) is 0 Å². The van der Waals surface area contributed by atoms with Gasteiger partial charge < -0.3 is 29.4 Å². The molecule has 0 aromatic heterocycles. The Morgan fingerprint density at radius 3 is 2.11 bits per heavy atom. The molecule has 0 unspecified atom stereocenters. The lowest BCUT2D eigenvalue weighted by atomic mass is 9.94. The van der Waals surface area contributed by atoms with Crippen LogP contribution in [0.15, 0.2) is 17.1 Å². The van der Waals surface area contributed by atoms with Crippen molar-refractivity contribution in [3.05, 3.63) is 17.7 Å². The molecule has 0 amide bonds. The van der Waals surface area contributed by atoms with Crippen LogP contribution in [0.4, 0.5) is 0 Å². The summed E-state index contributed by atoms with van der Waals surface area (Å²) in [6.45, 7) is 0.535. The van der Waals surface area contributed by atoms with Crippen molar-refractivity contribution in [1.29, 1.82) is 10.5 Å². The fraction of sp³-hybridized carbons (Fsp3) is 0.500. The highest BCUT2D eigenvalue weighted by Gasteiger charge is 2.94. The van der Waals surface area contributed by atoms with Crippen molar-refractivity contribution in [2.45, 2.75) is 11.8 Å². The molecule has 1 aromatic rings. The number of ether oxygens (including phenoxy) is 5. The molecule has 1 saturated carbocycles. The molecule has 1 spiro atoms. The van der Waals surface area contributed by atoms with Gasteiger partial charge >= 0.3 is 0 Å². The number of nitrogens with zero attached hydrogens (tertiary/aromatic N) is 3. The molecular weight excluding hydrogens is 352 g/mol. The number of amidine groups is 1. The second kappa shape index (κ2) is 5.49. The molecule has 1 saturated heterocycles. The topological polar surface area (TPSA) is 132 Å². The predicted octanol–water partition coefficient (Wildman–Crippen LogP) is 0.901. The van der Waals surface area contributed by atoms with Gasteiger partial charge in [0.05, 0.1) is 46.7 Å². The van der Waals surface area contributed by atoms with Crippen LogP contribution in [0.5, 0.6) is 17.2 Å². The summed E-state index contributed by atoms with van der Waals surface area (Å²) >= 11 is 0. The van der Waals surface area contributed by atoms with Crippen LogP contribution in [-0.4, -0.2) is 46.3 Å². The first-order valence-corrected chi connectivity index (χ1v) is 8.28. The molecule has 9 heteroatoms. The van der Waals surface area contributed by atoms with Crippen molar-refractivity contribution in [2.24, 2.45) is 21.6 Å². The molecule has 4 rings (SSSR count). The number of rotatable bonds is 4. The van der Waals surface area contributed by atoms with Crippen LogP contribution in [0.1, 0.15) is 11.5 Å². The molecule has 2 heterocycles.